The third-order valence-corrected chi connectivity index (χ3v) is 4.21. The van der Waals surface area contributed by atoms with Gasteiger partial charge in [0.1, 0.15) is 5.82 Å². The molecule has 1 aromatic heterocycles. The standard InChI is InChI=1S/C16H12BrFN4O2S/c1-24-13-7-9(6-12(17)14(13)23)8-19-22-15(20-21-16(22)25)10-2-4-11(18)5-3-10/h2-8,23H,1H3,(H,21,25)/b19-8-. The van der Waals surface area contributed by atoms with Gasteiger partial charge in [0.2, 0.25) is 4.77 Å². The molecule has 0 aliphatic heterocycles. The molecule has 0 spiro atoms. The van der Waals surface area contributed by atoms with Crippen molar-refractivity contribution in [3.05, 3.63) is 57.0 Å². The first-order valence-corrected chi connectivity index (χ1v) is 8.24. The first kappa shape index (κ1) is 17.3. The van der Waals surface area contributed by atoms with Crippen molar-refractivity contribution < 1.29 is 14.2 Å². The van der Waals surface area contributed by atoms with Crippen LogP contribution in [0.3, 0.4) is 0 Å². The number of benzene rings is 2. The quantitative estimate of drug-likeness (QED) is 0.490. The van der Waals surface area contributed by atoms with Gasteiger partial charge in [-0.3, -0.25) is 0 Å². The van der Waals surface area contributed by atoms with Crippen LogP contribution in [-0.2, 0) is 0 Å². The van der Waals surface area contributed by atoms with Gasteiger partial charge in [0, 0.05) is 5.56 Å². The Morgan fingerprint density at radius 2 is 2.08 bits per heavy atom. The van der Waals surface area contributed by atoms with Crippen LogP contribution >= 0.6 is 28.1 Å². The fourth-order valence-electron chi connectivity index (χ4n) is 2.13. The molecule has 0 fully saturated rings. The molecule has 0 aliphatic rings. The van der Waals surface area contributed by atoms with Gasteiger partial charge < -0.3 is 9.84 Å². The summed E-state index contributed by atoms with van der Waals surface area (Å²) in [6.45, 7) is 0. The molecule has 1 heterocycles. The molecule has 0 atom stereocenters. The molecule has 0 saturated heterocycles. The maximum absolute atomic E-state index is 13.1. The number of ether oxygens (including phenoxy) is 1. The number of halogens is 2. The molecule has 0 saturated carbocycles. The lowest BCUT2D eigenvalue weighted by atomic mass is 10.2. The SMILES string of the molecule is COc1cc(/C=N\n2c(-c3ccc(F)cc3)n[nH]c2=S)cc(Br)c1O. The van der Waals surface area contributed by atoms with Gasteiger partial charge in [-0.05, 0) is 70.1 Å². The normalized spacial score (nSPS) is 11.2. The Kier molecular flexibility index (Phi) is 4.95. The summed E-state index contributed by atoms with van der Waals surface area (Å²) in [5, 5.41) is 21.0. The van der Waals surface area contributed by atoms with Crippen LogP contribution in [-0.4, -0.2) is 33.3 Å². The molecular weight excluding hydrogens is 411 g/mol. The Hall–Kier alpha value is -2.52. The summed E-state index contributed by atoms with van der Waals surface area (Å²) in [5.41, 5.74) is 1.34. The smallest absolute Gasteiger partial charge is 0.216 e. The Bertz CT molecular complexity index is 998. The van der Waals surface area contributed by atoms with E-state index >= 15 is 0 Å². The van der Waals surface area contributed by atoms with Crippen molar-refractivity contribution in [3.8, 4) is 22.9 Å². The minimum Gasteiger partial charge on any atom is -0.503 e. The number of aromatic nitrogens is 3. The van der Waals surface area contributed by atoms with Crippen LogP contribution < -0.4 is 4.74 Å². The summed E-state index contributed by atoms with van der Waals surface area (Å²) in [6, 6.07) is 9.17. The number of rotatable bonds is 4. The lowest BCUT2D eigenvalue weighted by Gasteiger charge is -2.06. The van der Waals surface area contributed by atoms with E-state index < -0.39 is 0 Å². The van der Waals surface area contributed by atoms with E-state index in [0.29, 0.717) is 31.9 Å². The highest BCUT2D eigenvalue weighted by Gasteiger charge is 2.10. The molecule has 0 radical (unpaired) electrons. The van der Waals surface area contributed by atoms with E-state index in [1.165, 1.54) is 23.9 Å². The van der Waals surface area contributed by atoms with Crippen LogP contribution in [0, 0.1) is 10.6 Å². The Labute approximate surface area is 155 Å². The lowest BCUT2D eigenvalue weighted by molar-refractivity contribution is 0.372. The van der Waals surface area contributed by atoms with Crippen molar-refractivity contribution in [2.24, 2.45) is 5.10 Å². The zero-order valence-electron chi connectivity index (χ0n) is 12.9. The maximum Gasteiger partial charge on any atom is 0.216 e. The van der Waals surface area contributed by atoms with Gasteiger partial charge in [-0.2, -0.15) is 14.9 Å². The monoisotopic (exact) mass is 422 g/mol. The Balaban J connectivity index is 2.00. The van der Waals surface area contributed by atoms with E-state index in [1.54, 1.807) is 30.5 Å². The van der Waals surface area contributed by atoms with Gasteiger partial charge in [0.15, 0.2) is 17.3 Å². The number of phenols is 1. The first-order valence-electron chi connectivity index (χ1n) is 7.04. The van der Waals surface area contributed by atoms with E-state index in [1.807, 2.05) is 0 Å². The lowest BCUT2D eigenvalue weighted by Crippen LogP contribution is -1.96. The average Bonchev–Trinajstić information content (AvgIpc) is 2.97. The molecule has 3 rings (SSSR count). The molecule has 2 N–H and O–H groups in total. The van der Waals surface area contributed by atoms with Crippen molar-refractivity contribution in [2.75, 3.05) is 7.11 Å². The Morgan fingerprint density at radius 3 is 2.76 bits per heavy atom. The number of hydrogen-bond acceptors (Lipinski definition) is 5. The molecular formula is C16H12BrFN4O2S. The second-order valence-corrected chi connectivity index (χ2v) is 6.21. The molecule has 2 aromatic carbocycles. The van der Waals surface area contributed by atoms with Crippen LogP contribution in [0.4, 0.5) is 4.39 Å². The average molecular weight is 423 g/mol. The molecule has 128 valence electrons. The number of nitrogens with zero attached hydrogens (tertiary/aromatic N) is 3. The van der Waals surface area contributed by atoms with Crippen LogP contribution in [0.2, 0.25) is 0 Å². The minimum absolute atomic E-state index is 0.00609. The minimum atomic E-state index is -0.339. The van der Waals surface area contributed by atoms with E-state index in [2.05, 4.69) is 31.2 Å². The van der Waals surface area contributed by atoms with Crippen molar-refractivity contribution in [3.63, 3.8) is 0 Å². The molecule has 6 nitrogen and oxygen atoms in total. The second kappa shape index (κ2) is 7.16. The zero-order chi connectivity index (χ0) is 18.0. The Morgan fingerprint density at radius 1 is 1.36 bits per heavy atom. The van der Waals surface area contributed by atoms with Crippen molar-refractivity contribution in [1.29, 1.82) is 0 Å². The predicted octanol–water partition coefficient (Wildman–Crippen LogP) is 4.11. The van der Waals surface area contributed by atoms with Gasteiger partial charge in [-0.25, -0.2) is 9.49 Å². The number of nitrogens with one attached hydrogen (secondary N) is 1. The van der Waals surface area contributed by atoms with Crippen molar-refractivity contribution >= 4 is 34.4 Å². The third kappa shape index (κ3) is 3.62. The van der Waals surface area contributed by atoms with Gasteiger partial charge in [0.05, 0.1) is 17.8 Å². The highest BCUT2D eigenvalue weighted by atomic mass is 79.9. The summed E-state index contributed by atoms with van der Waals surface area (Å²) >= 11 is 8.45. The maximum atomic E-state index is 13.1. The molecule has 25 heavy (non-hydrogen) atoms. The molecule has 0 aliphatic carbocycles. The zero-order valence-corrected chi connectivity index (χ0v) is 15.3. The fourth-order valence-corrected chi connectivity index (χ4v) is 2.77. The summed E-state index contributed by atoms with van der Waals surface area (Å²) in [4.78, 5) is 0. The first-order chi connectivity index (χ1) is 12.0. The number of aromatic amines is 1. The van der Waals surface area contributed by atoms with Crippen LogP contribution in [0.25, 0.3) is 11.4 Å². The molecule has 9 heteroatoms. The van der Waals surface area contributed by atoms with Crippen LogP contribution in [0.1, 0.15) is 5.56 Å². The number of aromatic hydroxyl groups is 1. The number of H-pyrrole nitrogens is 1. The molecule has 0 amide bonds. The highest BCUT2D eigenvalue weighted by molar-refractivity contribution is 9.10. The van der Waals surface area contributed by atoms with Gasteiger partial charge in [0.25, 0.3) is 0 Å². The van der Waals surface area contributed by atoms with E-state index in [9.17, 15) is 9.50 Å². The fraction of sp³-hybridized carbons (Fsp3) is 0.0625. The third-order valence-electron chi connectivity index (χ3n) is 3.35. The number of phenolic OH excluding ortho intramolecular Hbond substituents is 1. The van der Waals surface area contributed by atoms with Crippen molar-refractivity contribution in [2.45, 2.75) is 0 Å². The van der Waals surface area contributed by atoms with E-state index in [4.69, 9.17) is 17.0 Å². The second-order valence-electron chi connectivity index (χ2n) is 4.97. The van der Waals surface area contributed by atoms with Crippen LogP contribution in [0.5, 0.6) is 11.5 Å². The molecule has 0 bridgehead atoms. The van der Waals surface area contributed by atoms with E-state index in [0.717, 1.165) is 0 Å². The largest absolute Gasteiger partial charge is 0.503 e. The van der Waals surface area contributed by atoms with Crippen molar-refractivity contribution in [1.82, 2.24) is 14.9 Å². The predicted molar refractivity (Wildman–Crippen MR) is 98.2 cm³/mol. The summed E-state index contributed by atoms with van der Waals surface area (Å²) in [7, 11) is 1.46. The number of hydrogen-bond donors (Lipinski definition) is 2. The summed E-state index contributed by atoms with van der Waals surface area (Å²) in [5.74, 6) is 0.428. The highest BCUT2D eigenvalue weighted by Crippen LogP contribution is 2.34. The molecule has 3 aromatic rings. The van der Waals surface area contributed by atoms with Gasteiger partial charge in [-0.1, -0.05) is 0 Å². The number of methoxy groups -OCH3 is 1. The van der Waals surface area contributed by atoms with Crippen LogP contribution in [0.15, 0.2) is 46.0 Å². The summed E-state index contributed by atoms with van der Waals surface area (Å²) < 4.78 is 20.4. The van der Waals surface area contributed by atoms with Gasteiger partial charge >= 0.3 is 0 Å². The van der Waals surface area contributed by atoms with E-state index in [-0.39, 0.29) is 11.6 Å². The molecule has 0 unspecified atom stereocenters. The topological polar surface area (TPSA) is 75.4 Å². The van der Waals surface area contributed by atoms with Gasteiger partial charge in [-0.15, -0.1) is 0 Å². The summed E-state index contributed by atoms with van der Waals surface area (Å²) in [6.07, 6.45) is 1.55.